The lowest BCUT2D eigenvalue weighted by atomic mass is 10.0. The van der Waals surface area contributed by atoms with Crippen LogP contribution in [0.1, 0.15) is 31.7 Å². The summed E-state index contributed by atoms with van der Waals surface area (Å²) in [6, 6.07) is 9.67. The van der Waals surface area contributed by atoms with E-state index in [4.69, 9.17) is 10.00 Å². The number of nitrogens with zero attached hydrogens (tertiary/aromatic N) is 2. The molecule has 0 saturated heterocycles. The molecule has 1 unspecified atom stereocenters. The van der Waals surface area contributed by atoms with Gasteiger partial charge in [-0.3, -0.25) is 4.90 Å². The lowest BCUT2D eigenvalue weighted by Crippen LogP contribution is -2.51. The Hall–Kier alpha value is -1.53. The SMILES string of the molecule is CCC(Oc1ccccc1C#N)(C1CC1)N(C)C. The predicted molar refractivity (Wildman–Crippen MR) is 71.2 cm³/mol. The van der Waals surface area contributed by atoms with E-state index in [0.29, 0.717) is 17.2 Å². The van der Waals surface area contributed by atoms with Crippen LogP contribution in [0.5, 0.6) is 5.75 Å². The van der Waals surface area contributed by atoms with Gasteiger partial charge in [0.25, 0.3) is 0 Å². The molecular formula is C15H20N2O. The summed E-state index contributed by atoms with van der Waals surface area (Å²) in [6.45, 7) is 2.15. The summed E-state index contributed by atoms with van der Waals surface area (Å²) in [7, 11) is 4.10. The van der Waals surface area contributed by atoms with Crippen LogP contribution in [0.25, 0.3) is 0 Å². The van der Waals surface area contributed by atoms with E-state index in [-0.39, 0.29) is 5.72 Å². The molecule has 1 aromatic carbocycles. The van der Waals surface area contributed by atoms with Crippen molar-refractivity contribution in [3.63, 3.8) is 0 Å². The molecule has 0 bridgehead atoms. The van der Waals surface area contributed by atoms with Gasteiger partial charge in [-0.25, -0.2) is 0 Å². The number of nitriles is 1. The van der Waals surface area contributed by atoms with Gasteiger partial charge < -0.3 is 4.74 Å². The van der Waals surface area contributed by atoms with Crippen molar-refractivity contribution < 1.29 is 4.74 Å². The van der Waals surface area contributed by atoms with E-state index in [9.17, 15) is 0 Å². The second kappa shape index (κ2) is 4.99. The average molecular weight is 244 g/mol. The van der Waals surface area contributed by atoms with Crippen LogP contribution in [0, 0.1) is 17.2 Å². The van der Waals surface area contributed by atoms with E-state index in [2.05, 4.69) is 32.0 Å². The predicted octanol–water partition coefficient (Wildman–Crippen LogP) is 3.01. The van der Waals surface area contributed by atoms with Gasteiger partial charge in [-0.05, 0) is 45.5 Å². The van der Waals surface area contributed by atoms with Gasteiger partial charge in [0, 0.05) is 5.92 Å². The van der Waals surface area contributed by atoms with Crippen LogP contribution >= 0.6 is 0 Å². The van der Waals surface area contributed by atoms with Crippen LogP contribution in [0.4, 0.5) is 0 Å². The number of para-hydroxylation sites is 1. The maximum absolute atomic E-state index is 9.14. The molecule has 0 aromatic heterocycles. The van der Waals surface area contributed by atoms with Crippen molar-refractivity contribution in [1.29, 1.82) is 5.26 Å². The minimum atomic E-state index is -0.271. The molecule has 1 atom stereocenters. The Bertz CT molecular complexity index is 456. The lowest BCUT2D eigenvalue weighted by molar-refractivity contribution is -0.0798. The van der Waals surface area contributed by atoms with Crippen molar-refractivity contribution >= 4 is 0 Å². The van der Waals surface area contributed by atoms with E-state index in [1.54, 1.807) is 6.07 Å². The van der Waals surface area contributed by atoms with E-state index in [1.807, 2.05) is 18.2 Å². The number of ether oxygens (including phenoxy) is 1. The standard InChI is InChI=1S/C15H20N2O/c1-4-15(17(2)3,13-9-10-13)18-14-8-6-5-7-12(14)11-16/h5-8,13H,4,9-10H2,1-3H3. The van der Waals surface area contributed by atoms with Gasteiger partial charge in [0.15, 0.2) is 5.72 Å². The van der Waals surface area contributed by atoms with Gasteiger partial charge in [-0.1, -0.05) is 19.1 Å². The monoisotopic (exact) mass is 244 g/mol. The Balaban J connectivity index is 2.32. The molecule has 1 aromatic rings. The first-order valence-corrected chi connectivity index (χ1v) is 6.49. The number of rotatable bonds is 5. The van der Waals surface area contributed by atoms with Crippen LogP contribution in [0.3, 0.4) is 0 Å². The summed E-state index contributed by atoms with van der Waals surface area (Å²) in [5.74, 6) is 1.27. The van der Waals surface area contributed by atoms with Crippen LogP contribution in [-0.2, 0) is 0 Å². The fourth-order valence-corrected chi connectivity index (χ4v) is 2.59. The van der Waals surface area contributed by atoms with E-state index >= 15 is 0 Å². The smallest absolute Gasteiger partial charge is 0.165 e. The van der Waals surface area contributed by atoms with Crippen molar-refractivity contribution in [3.05, 3.63) is 29.8 Å². The summed E-state index contributed by atoms with van der Waals surface area (Å²) < 4.78 is 6.26. The first kappa shape index (κ1) is 12.9. The number of hydrogen-bond acceptors (Lipinski definition) is 3. The van der Waals surface area contributed by atoms with Crippen LogP contribution in [-0.4, -0.2) is 24.7 Å². The van der Waals surface area contributed by atoms with Crippen molar-refractivity contribution in [3.8, 4) is 11.8 Å². The van der Waals surface area contributed by atoms with Crippen molar-refractivity contribution in [1.82, 2.24) is 4.90 Å². The zero-order valence-corrected chi connectivity index (χ0v) is 11.3. The molecule has 3 heteroatoms. The molecule has 0 aliphatic heterocycles. The largest absolute Gasteiger partial charge is 0.471 e. The highest BCUT2D eigenvalue weighted by Gasteiger charge is 2.48. The van der Waals surface area contributed by atoms with Gasteiger partial charge in [-0.2, -0.15) is 5.26 Å². The van der Waals surface area contributed by atoms with E-state index in [1.165, 1.54) is 12.8 Å². The second-order valence-electron chi connectivity index (χ2n) is 5.08. The van der Waals surface area contributed by atoms with Crippen LogP contribution in [0.15, 0.2) is 24.3 Å². The Kier molecular flexibility index (Phi) is 3.58. The fourth-order valence-electron chi connectivity index (χ4n) is 2.59. The third-order valence-electron chi connectivity index (χ3n) is 3.77. The van der Waals surface area contributed by atoms with Gasteiger partial charge in [0.2, 0.25) is 0 Å². The number of hydrogen-bond donors (Lipinski definition) is 0. The molecule has 0 N–H and O–H groups in total. The maximum Gasteiger partial charge on any atom is 0.165 e. The highest BCUT2D eigenvalue weighted by molar-refractivity contribution is 5.43. The Morgan fingerprint density at radius 3 is 2.56 bits per heavy atom. The van der Waals surface area contributed by atoms with Crippen molar-refractivity contribution in [2.24, 2.45) is 5.92 Å². The van der Waals surface area contributed by atoms with Crippen molar-refractivity contribution in [2.45, 2.75) is 31.9 Å². The number of benzene rings is 1. The molecule has 0 amide bonds. The molecule has 0 radical (unpaired) electrons. The van der Waals surface area contributed by atoms with Crippen LogP contribution < -0.4 is 4.74 Å². The molecule has 1 aliphatic carbocycles. The molecule has 18 heavy (non-hydrogen) atoms. The van der Waals surface area contributed by atoms with Crippen molar-refractivity contribution in [2.75, 3.05) is 14.1 Å². The zero-order chi connectivity index (χ0) is 13.2. The Morgan fingerprint density at radius 2 is 2.06 bits per heavy atom. The summed E-state index contributed by atoms with van der Waals surface area (Å²) >= 11 is 0. The van der Waals surface area contributed by atoms with E-state index in [0.717, 1.165) is 6.42 Å². The van der Waals surface area contributed by atoms with Crippen LogP contribution in [0.2, 0.25) is 0 Å². The molecule has 0 spiro atoms. The zero-order valence-electron chi connectivity index (χ0n) is 11.3. The lowest BCUT2D eigenvalue weighted by Gasteiger charge is -2.40. The van der Waals surface area contributed by atoms with Gasteiger partial charge >= 0.3 is 0 Å². The minimum absolute atomic E-state index is 0.271. The van der Waals surface area contributed by atoms with Gasteiger partial charge in [-0.15, -0.1) is 0 Å². The highest BCUT2D eigenvalue weighted by Crippen LogP contribution is 2.45. The average Bonchev–Trinajstić information content (AvgIpc) is 3.20. The van der Waals surface area contributed by atoms with Gasteiger partial charge in [0.1, 0.15) is 11.8 Å². The molecule has 1 saturated carbocycles. The topological polar surface area (TPSA) is 36.3 Å². The molecular weight excluding hydrogens is 224 g/mol. The summed E-state index contributed by atoms with van der Waals surface area (Å²) in [5.41, 5.74) is 0.338. The maximum atomic E-state index is 9.14. The molecule has 0 heterocycles. The molecule has 1 fully saturated rings. The van der Waals surface area contributed by atoms with E-state index < -0.39 is 0 Å². The Morgan fingerprint density at radius 1 is 1.39 bits per heavy atom. The Labute approximate surface area is 109 Å². The third kappa shape index (κ3) is 2.21. The highest BCUT2D eigenvalue weighted by atomic mass is 16.5. The normalized spacial score (nSPS) is 18.2. The van der Waals surface area contributed by atoms with Gasteiger partial charge in [0.05, 0.1) is 5.56 Å². The summed E-state index contributed by atoms with van der Waals surface area (Å²) in [4.78, 5) is 2.15. The molecule has 1 aliphatic rings. The summed E-state index contributed by atoms with van der Waals surface area (Å²) in [5, 5.41) is 9.14. The fraction of sp³-hybridized carbons (Fsp3) is 0.533. The first-order valence-electron chi connectivity index (χ1n) is 6.49. The summed E-state index contributed by atoms with van der Waals surface area (Å²) in [6.07, 6.45) is 3.34. The molecule has 2 rings (SSSR count). The quantitative estimate of drug-likeness (QED) is 0.747. The first-order chi connectivity index (χ1) is 8.64. The second-order valence-corrected chi connectivity index (χ2v) is 5.08. The molecule has 3 nitrogen and oxygen atoms in total. The minimum Gasteiger partial charge on any atom is -0.471 e. The third-order valence-corrected chi connectivity index (χ3v) is 3.77. The molecule has 96 valence electrons.